The number of hydrogen-bond acceptors (Lipinski definition) is 3. The van der Waals surface area contributed by atoms with E-state index in [-0.39, 0.29) is 5.69 Å². The summed E-state index contributed by atoms with van der Waals surface area (Å²) in [7, 11) is -4.16. The van der Waals surface area contributed by atoms with Crippen molar-refractivity contribution in [2.75, 3.05) is 4.72 Å². The predicted molar refractivity (Wildman–Crippen MR) is 61.4 cm³/mol. The SMILES string of the molecule is O=S(=O)(Nc1ccc(F)nc1)c1cc(F)cc(F)c1. The molecule has 0 unspecified atom stereocenters. The van der Waals surface area contributed by atoms with Crippen LogP contribution in [-0.2, 0) is 10.0 Å². The summed E-state index contributed by atoms with van der Waals surface area (Å²) in [6, 6.07) is 3.97. The van der Waals surface area contributed by atoms with E-state index in [2.05, 4.69) is 4.98 Å². The summed E-state index contributed by atoms with van der Waals surface area (Å²) in [6.07, 6.45) is 0.947. The molecular weight excluding hydrogens is 281 g/mol. The topological polar surface area (TPSA) is 59.1 Å². The Kier molecular flexibility index (Phi) is 3.43. The zero-order valence-corrected chi connectivity index (χ0v) is 10.1. The first-order valence-electron chi connectivity index (χ1n) is 4.97. The first-order chi connectivity index (χ1) is 8.87. The van der Waals surface area contributed by atoms with Crippen molar-refractivity contribution >= 4 is 15.7 Å². The van der Waals surface area contributed by atoms with Crippen molar-refractivity contribution in [3.05, 3.63) is 54.1 Å². The second-order valence-electron chi connectivity index (χ2n) is 3.58. The highest BCUT2D eigenvalue weighted by molar-refractivity contribution is 7.92. The minimum Gasteiger partial charge on any atom is -0.278 e. The largest absolute Gasteiger partial charge is 0.278 e. The monoisotopic (exact) mass is 288 g/mol. The lowest BCUT2D eigenvalue weighted by molar-refractivity contribution is 0.568. The van der Waals surface area contributed by atoms with Gasteiger partial charge in [0.25, 0.3) is 10.0 Å². The molecule has 8 heteroatoms. The van der Waals surface area contributed by atoms with E-state index in [1.807, 2.05) is 4.72 Å². The molecule has 0 fully saturated rings. The molecule has 1 aromatic carbocycles. The van der Waals surface area contributed by atoms with Crippen LogP contribution in [0.2, 0.25) is 0 Å². The summed E-state index contributed by atoms with van der Waals surface area (Å²) in [5, 5.41) is 0. The Morgan fingerprint density at radius 2 is 1.63 bits per heavy atom. The Hall–Kier alpha value is -2.09. The maximum atomic E-state index is 13.0. The van der Waals surface area contributed by atoms with E-state index >= 15 is 0 Å². The fraction of sp³-hybridized carbons (Fsp3) is 0. The number of halogens is 3. The van der Waals surface area contributed by atoms with Gasteiger partial charge < -0.3 is 0 Å². The Labute approximate surface area is 107 Å². The predicted octanol–water partition coefficient (Wildman–Crippen LogP) is 2.30. The molecule has 2 rings (SSSR count). The van der Waals surface area contributed by atoms with Crippen LogP contribution in [0.15, 0.2) is 41.4 Å². The molecule has 19 heavy (non-hydrogen) atoms. The van der Waals surface area contributed by atoms with E-state index in [9.17, 15) is 21.6 Å². The number of anilines is 1. The smallest absolute Gasteiger partial charge is 0.262 e. The Bertz CT molecular complexity index is 682. The average molecular weight is 288 g/mol. The molecule has 0 atom stereocenters. The first kappa shape index (κ1) is 13.3. The van der Waals surface area contributed by atoms with Crippen LogP contribution in [0.4, 0.5) is 18.9 Å². The molecule has 0 saturated heterocycles. The number of hydrogen-bond donors (Lipinski definition) is 1. The van der Waals surface area contributed by atoms with Gasteiger partial charge in [0.05, 0.1) is 16.8 Å². The molecular formula is C11H7F3N2O2S. The Morgan fingerprint density at radius 3 is 2.16 bits per heavy atom. The standard InChI is InChI=1S/C11H7F3N2O2S/c12-7-3-8(13)5-10(4-7)19(17,18)16-9-1-2-11(14)15-6-9/h1-6,16H. The van der Waals surface area contributed by atoms with Gasteiger partial charge in [-0.2, -0.15) is 4.39 Å². The third kappa shape index (κ3) is 3.22. The summed E-state index contributed by atoms with van der Waals surface area (Å²) in [4.78, 5) is 2.68. The first-order valence-corrected chi connectivity index (χ1v) is 6.45. The van der Waals surface area contributed by atoms with E-state index in [0.717, 1.165) is 18.3 Å². The molecule has 0 amide bonds. The second kappa shape index (κ2) is 4.88. The van der Waals surface area contributed by atoms with Crippen LogP contribution in [0.3, 0.4) is 0 Å². The van der Waals surface area contributed by atoms with E-state index < -0.39 is 32.5 Å². The molecule has 0 spiro atoms. The molecule has 1 heterocycles. The molecule has 4 nitrogen and oxygen atoms in total. The maximum absolute atomic E-state index is 13.0. The zero-order valence-electron chi connectivity index (χ0n) is 9.27. The summed E-state index contributed by atoms with van der Waals surface area (Å²) in [5.74, 6) is -2.81. The van der Waals surface area contributed by atoms with Crippen molar-refractivity contribution in [3.8, 4) is 0 Å². The number of benzene rings is 1. The molecule has 1 aromatic heterocycles. The van der Waals surface area contributed by atoms with Crippen molar-refractivity contribution in [2.45, 2.75) is 4.90 Å². The summed E-state index contributed by atoms with van der Waals surface area (Å²) in [6.45, 7) is 0. The maximum Gasteiger partial charge on any atom is 0.262 e. The molecule has 0 aliphatic heterocycles. The molecule has 0 radical (unpaired) electrons. The molecule has 0 aliphatic rings. The Balaban J connectivity index is 2.34. The highest BCUT2D eigenvalue weighted by Gasteiger charge is 2.16. The van der Waals surface area contributed by atoms with Gasteiger partial charge in [0, 0.05) is 6.07 Å². The fourth-order valence-electron chi connectivity index (χ4n) is 1.33. The number of rotatable bonds is 3. The van der Waals surface area contributed by atoms with E-state index in [1.54, 1.807) is 0 Å². The van der Waals surface area contributed by atoms with Gasteiger partial charge in [-0.3, -0.25) is 4.72 Å². The highest BCUT2D eigenvalue weighted by Crippen LogP contribution is 2.17. The summed E-state index contributed by atoms with van der Waals surface area (Å²) in [5.41, 5.74) is -0.0222. The number of nitrogens with one attached hydrogen (secondary N) is 1. The van der Waals surface area contributed by atoms with Crippen LogP contribution < -0.4 is 4.72 Å². The van der Waals surface area contributed by atoms with Crippen LogP contribution in [0.1, 0.15) is 0 Å². The molecule has 0 saturated carbocycles. The van der Waals surface area contributed by atoms with Crippen LogP contribution in [0.25, 0.3) is 0 Å². The Morgan fingerprint density at radius 1 is 1.00 bits per heavy atom. The minimum absolute atomic E-state index is 0.0222. The molecule has 0 aliphatic carbocycles. The van der Waals surface area contributed by atoms with Crippen molar-refractivity contribution in [1.82, 2.24) is 4.98 Å². The number of pyridine rings is 1. The van der Waals surface area contributed by atoms with Gasteiger partial charge in [0.2, 0.25) is 5.95 Å². The highest BCUT2D eigenvalue weighted by atomic mass is 32.2. The van der Waals surface area contributed by atoms with E-state index in [1.165, 1.54) is 0 Å². The van der Waals surface area contributed by atoms with Gasteiger partial charge in [0.15, 0.2) is 0 Å². The van der Waals surface area contributed by atoms with Gasteiger partial charge in [0.1, 0.15) is 11.6 Å². The number of aromatic nitrogens is 1. The van der Waals surface area contributed by atoms with Crippen LogP contribution in [0.5, 0.6) is 0 Å². The third-order valence-corrected chi connectivity index (χ3v) is 3.49. The van der Waals surface area contributed by atoms with Crippen LogP contribution >= 0.6 is 0 Å². The lowest BCUT2D eigenvalue weighted by Gasteiger charge is -2.07. The van der Waals surface area contributed by atoms with E-state index in [4.69, 9.17) is 0 Å². The molecule has 0 bridgehead atoms. The van der Waals surface area contributed by atoms with Crippen LogP contribution in [-0.4, -0.2) is 13.4 Å². The average Bonchev–Trinajstić information content (AvgIpc) is 2.31. The number of sulfonamides is 1. The van der Waals surface area contributed by atoms with Crippen molar-refractivity contribution in [1.29, 1.82) is 0 Å². The van der Waals surface area contributed by atoms with Crippen LogP contribution in [0, 0.1) is 17.6 Å². The quantitative estimate of drug-likeness (QED) is 0.882. The zero-order chi connectivity index (χ0) is 14.0. The lowest BCUT2D eigenvalue weighted by Crippen LogP contribution is -2.13. The van der Waals surface area contributed by atoms with Gasteiger partial charge in [-0.05, 0) is 24.3 Å². The van der Waals surface area contributed by atoms with Crippen molar-refractivity contribution < 1.29 is 21.6 Å². The number of nitrogens with zero attached hydrogens (tertiary/aromatic N) is 1. The lowest BCUT2D eigenvalue weighted by atomic mass is 10.3. The second-order valence-corrected chi connectivity index (χ2v) is 5.26. The van der Waals surface area contributed by atoms with Gasteiger partial charge >= 0.3 is 0 Å². The van der Waals surface area contributed by atoms with Crippen molar-refractivity contribution in [2.24, 2.45) is 0 Å². The normalized spacial score (nSPS) is 11.3. The van der Waals surface area contributed by atoms with Gasteiger partial charge in [-0.1, -0.05) is 0 Å². The van der Waals surface area contributed by atoms with Gasteiger partial charge in [-0.15, -0.1) is 0 Å². The van der Waals surface area contributed by atoms with Crippen molar-refractivity contribution in [3.63, 3.8) is 0 Å². The van der Waals surface area contributed by atoms with E-state index in [0.29, 0.717) is 18.2 Å². The molecule has 2 aromatic rings. The van der Waals surface area contributed by atoms with Gasteiger partial charge in [-0.25, -0.2) is 22.2 Å². The fourth-order valence-corrected chi connectivity index (χ4v) is 2.42. The molecule has 100 valence electrons. The summed E-state index contributed by atoms with van der Waals surface area (Å²) >= 11 is 0. The summed E-state index contributed by atoms with van der Waals surface area (Å²) < 4.78 is 64.1. The minimum atomic E-state index is -4.16. The molecule has 1 N–H and O–H groups in total. The third-order valence-electron chi connectivity index (χ3n) is 2.13.